The van der Waals surface area contributed by atoms with Gasteiger partial charge in [-0.2, -0.15) is 5.10 Å². The quantitative estimate of drug-likeness (QED) is 0.384. The molecule has 0 atom stereocenters. The lowest BCUT2D eigenvalue weighted by molar-refractivity contribution is 0.415. The van der Waals surface area contributed by atoms with Crippen molar-refractivity contribution in [1.29, 1.82) is 0 Å². The normalized spacial score (nSPS) is 12.1. The Bertz CT molecular complexity index is 1130. The third-order valence-electron chi connectivity index (χ3n) is 3.93. The number of aromatic nitrogens is 1. The third kappa shape index (κ3) is 3.95. The summed E-state index contributed by atoms with van der Waals surface area (Å²) < 4.78 is 7.22. The fourth-order valence-corrected chi connectivity index (χ4v) is 4.93. The minimum atomic E-state index is 0.788. The lowest BCUT2D eigenvalue weighted by Crippen LogP contribution is -2.11. The zero-order valence-corrected chi connectivity index (χ0v) is 17.3. The molecule has 0 fully saturated rings. The zero-order valence-electron chi connectivity index (χ0n) is 14.8. The summed E-state index contributed by atoms with van der Waals surface area (Å²) in [6.07, 6.45) is 1.91. The van der Waals surface area contributed by atoms with Crippen molar-refractivity contribution in [1.82, 2.24) is 4.68 Å². The number of benzene rings is 1. The summed E-state index contributed by atoms with van der Waals surface area (Å²) in [5, 5.41) is 11.0. The molecule has 0 amide bonds. The maximum absolute atomic E-state index is 5.31. The molecule has 0 saturated carbocycles. The van der Waals surface area contributed by atoms with E-state index < -0.39 is 0 Å². The molecule has 4 aromatic rings. The average molecular weight is 412 g/mol. The monoisotopic (exact) mass is 411 g/mol. The summed E-state index contributed by atoms with van der Waals surface area (Å²) in [7, 11) is 1.66. The first-order valence-corrected chi connectivity index (χ1v) is 10.9. The Hall–Kier alpha value is -2.48. The molecule has 0 saturated heterocycles. The van der Waals surface area contributed by atoms with Crippen LogP contribution < -0.4 is 9.54 Å². The van der Waals surface area contributed by atoms with Gasteiger partial charge >= 0.3 is 0 Å². The first kappa shape index (κ1) is 17.9. The van der Waals surface area contributed by atoms with E-state index in [0.717, 1.165) is 26.8 Å². The number of nitrogens with zero attached hydrogens (tertiary/aromatic N) is 3. The fraction of sp³-hybridized carbons (Fsp3) is 0.100. The second kappa shape index (κ2) is 8.04. The fourth-order valence-electron chi connectivity index (χ4n) is 2.50. The van der Waals surface area contributed by atoms with E-state index in [4.69, 9.17) is 14.8 Å². The molecular formula is C20H17N3OS3. The molecule has 136 valence electrons. The maximum Gasteiger partial charge on any atom is 0.211 e. The Labute approximate surface area is 169 Å². The molecular weight excluding hydrogens is 394 g/mol. The van der Waals surface area contributed by atoms with Gasteiger partial charge in [0, 0.05) is 11.4 Å². The predicted octanol–water partition coefficient (Wildman–Crippen LogP) is 5.77. The molecule has 3 aromatic heterocycles. The number of methoxy groups -OCH3 is 1. The largest absolute Gasteiger partial charge is 0.497 e. The number of ether oxygens (including phenoxy) is 1. The molecule has 27 heavy (non-hydrogen) atoms. The number of thiazole rings is 1. The molecule has 4 rings (SSSR count). The van der Waals surface area contributed by atoms with Gasteiger partial charge in [-0.3, -0.25) is 0 Å². The van der Waals surface area contributed by atoms with Crippen molar-refractivity contribution in [3.63, 3.8) is 0 Å². The van der Waals surface area contributed by atoms with E-state index >= 15 is 0 Å². The maximum atomic E-state index is 5.31. The van der Waals surface area contributed by atoms with Crippen LogP contribution in [0.4, 0.5) is 5.69 Å². The highest BCUT2D eigenvalue weighted by Gasteiger charge is 2.09. The molecule has 0 unspecified atom stereocenters. The van der Waals surface area contributed by atoms with Crippen LogP contribution in [-0.4, -0.2) is 18.0 Å². The van der Waals surface area contributed by atoms with Crippen molar-refractivity contribution in [3.05, 3.63) is 73.8 Å². The van der Waals surface area contributed by atoms with Crippen molar-refractivity contribution in [3.8, 4) is 16.3 Å². The van der Waals surface area contributed by atoms with Gasteiger partial charge in [-0.15, -0.1) is 34.0 Å². The van der Waals surface area contributed by atoms with Crippen molar-refractivity contribution < 1.29 is 4.74 Å². The molecule has 4 nitrogen and oxygen atoms in total. The van der Waals surface area contributed by atoms with E-state index in [0.29, 0.717) is 0 Å². The van der Waals surface area contributed by atoms with Gasteiger partial charge < -0.3 is 4.74 Å². The van der Waals surface area contributed by atoms with Crippen LogP contribution in [0.15, 0.2) is 68.7 Å². The Balaban J connectivity index is 1.83. The SMILES string of the molecule is COc1cccc(N=c2scc(-c3cccs3)n2N=Cc2sccc2C)c1. The Morgan fingerprint density at radius 1 is 1.04 bits per heavy atom. The topological polar surface area (TPSA) is 38.9 Å². The van der Waals surface area contributed by atoms with Crippen LogP contribution in [0.2, 0.25) is 0 Å². The second-order valence-electron chi connectivity index (χ2n) is 5.72. The number of rotatable bonds is 5. The summed E-state index contributed by atoms with van der Waals surface area (Å²) >= 11 is 4.96. The minimum Gasteiger partial charge on any atom is -0.497 e. The highest BCUT2D eigenvalue weighted by Crippen LogP contribution is 2.26. The van der Waals surface area contributed by atoms with Crippen molar-refractivity contribution >= 4 is 45.9 Å². The van der Waals surface area contributed by atoms with E-state index in [2.05, 4.69) is 35.2 Å². The summed E-state index contributed by atoms with van der Waals surface area (Å²) in [6, 6.07) is 14.0. The van der Waals surface area contributed by atoms with E-state index in [9.17, 15) is 0 Å². The first-order valence-electron chi connectivity index (χ1n) is 8.26. The zero-order chi connectivity index (χ0) is 18.6. The molecule has 0 spiro atoms. The molecule has 0 radical (unpaired) electrons. The Morgan fingerprint density at radius 3 is 2.70 bits per heavy atom. The van der Waals surface area contributed by atoms with Crippen LogP contribution >= 0.6 is 34.0 Å². The average Bonchev–Trinajstić information content (AvgIpc) is 3.42. The van der Waals surface area contributed by atoms with Crippen LogP contribution in [0.5, 0.6) is 5.75 Å². The smallest absolute Gasteiger partial charge is 0.211 e. The summed E-state index contributed by atoms with van der Waals surface area (Å²) in [5.74, 6) is 0.788. The van der Waals surface area contributed by atoms with Crippen LogP contribution in [0.3, 0.4) is 0 Å². The van der Waals surface area contributed by atoms with E-state index in [1.807, 2.05) is 41.2 Å². The van der Waals surface area contributed by atoms with E-state index in [-0.39, 0.29) is 0 Å². The van der Waals surface area contributed by atoms with Gasteiger partial charge in [-0.25, -0.2) is 9.67 Å². The van der Waals surface area contributed by atoms with Gasteiger partial charge in [0.05, 0.1) is 34.5 Å². The van der Waals surface area contributed by atoms with Crippen molar-refractivity contribution in [2.45, 2.75) is 6.92 Å². The summed E-state index contributed by atoms with van der Waals surface area (Å²) in [4.78, 5) is 7.93. The third-order valence-corrected chi connectivity index (χ3v) is 6.59. The van der Waals surface area contributed by atoms with Crippen molar-refractivity contribution in [2.75, 3.05) is 7.11 Å². The molecule has 0 aliphatic rings. The van der Waals surface area contributed by atoms with Crippen LogP contribution in [0.25, 0.3) is 10.6 Å². The predicted molar refractivity (Wildman–Crippen MR) is 116 cm³/mol. The van der Waals surface area contributed by atoms with Gasteiger partial charge in [0.15, 0.2) is 0 Å². The van der Waals surface area contributed by atoms with Crippen molar-refractivity contribution in [2.24, 2.45) is 10.1 Å². The highest BCUT2D eigenvalue weighted by molar-refractivity contribution is 7.14. The van der Waals surface area contributed by atoms with Gasteiger partial charge in [0.2, 0.25) is 4.80 Å². The van der Waals surface area contributed by atoms with E-state index in [1.165, 1.54) is 10.4 Å². The lowest BCUT2D eigenvalue weighted by atomic mass is 10.3. The molecule has 3 heterocycles. The van der Waals surface area contributed by atoms with Gasteiger partial charge in [-0.1, -0.05) is 12.1 Å². The van der Waals surface area contributed by atoms with Gasteiger partial charge in [0.1, 0.15) is 5.75 Å². The number of hydrogen-bond acceptors (Lipinski definition) is 6. The second-order valence-corrected chi connectivity index (χ2v) is 8.45. The molecule has 7 heteroatoms. The number of aryl methyl sites for hydroxylation is 1. The van der Waals surface area contributed by atoms with Gasteiger partial charge in [0.25, 0.3) is 0 Å². The first-order chi connectivity index (χ1) is 13.2. The Kier molecular flexibility index (Phi) is 5.33. The summed E-state index contributed by atoms with van der Waals surface area (Å²) in [5.41, 5.74) is 3.11. The Morgan fingerprint density at radius 2 is 1.96 bits per heavy atom. The molecule has 0 aliphatic carbocycles. The summed E-state index contributed by atoms with van der Waals surface area (Å²) in [6.45, 7) is 2.10. The number of thiophene rings is 2. The molecule has 0 N–H and O–H groups in total. The van der Waals surface area contributed by atoms with Gasteiger partial charge in [-0.05, 0) is 47.5 Å². The molecule has 0 aliphatic heterocycles. The van der Waals surface area contributed by atoms with Crippen LogP contribution in [-0.2, 0) is 0 Å². The molecule has 0 bridgehead atoms. The standard InChI is InChI=1S/C20H17N3OS3/c1-14-8-10-26-19(14)12-21-23-17(18-7-4-9-25-18)13-27-20(23)22-15-5-3-6-16(11-15)24-2/h3-13H,1-2H3. The molecule has 1 aromatic carbocycles. The number of hydrogen-bond donors (Lipinski definition) is 0. The minimum absolute atomic E-state index is 0.788. The lowest BCUT2D eigenvalue weighted by Gasteiger charge is -2.02. The highest BCUT2D eigenvalue weighted by atomic mass is 32.1. The van der Waals surface area contributed by atoms with Crippen LogP contribution in [0.1, 0.15) is 10.4 Å². The van der Waals surface area contributed by atoms with E-state index in [1.54, 1.807) is 41.1 Å². The van der Waals surface area contributed by atoms with Crippen LogP contribution in [0, 0.1) is 6.92 Å².